The minimum absolute atomic E-state index is 0.117. The summed E-state index contributed by atoms with van der Waals surface area (Å²) in [6.07, 6.45) is 2.28. The van der Waals surface area contributed by atoms with Gasteiger partial charge < -0.3 is 18.9 Å². The van der Waals surface area contributed by atoms with E-state index in [0.717, 1.165) is 41.2 Å². The van der Waals surface area contributed by atoms with Crippen molar-refractivity contribution in [3.63, 3.8) is 0 Å². The third kappa shape index (κ3) is 3.22. The van der Waals surface area contributed by atoms with Crippen LogP contribution in [-0.4, -0.2) is 35.0 Å². The number of hydrogen-bond acceptors (Lipinski definition) is 6. The van der Waals surface area contributed by atoms with E-state index in [2.05, 4.69) is 5.16 Å². The van der Waals surface area contributed by atoms with Crippen molar-refractivity contribution in [1.82, 2.24) is 10.1 Å². The highest BCUT2D eigenvalue weighted by molar-refractivity contribution is 5.96. The predicted octanol–water partition coefficient (Wildman–Crippen LogP) is 3.89. The van der Waals surface area contributed by atoms with E-state index in [1.807, 2.05) is 60.4 Å². The van der Waals surface area contributed by atoms with Crippen LogP contribution in [0.4, 0.5) is 0 Å². The average molecular weight is 444 g/mol. The van der Waals surface area contributed by atoms with Crippen LogP contribution in [0, 0.1) is 6.92 Å². The Morgan fingerprint density at radius 3 is 2.64 bits per heavy atom. The van der Waals surface area contributed by atoms with E-state index in [-0.39, 0.29) is 11.9 Å². The summed E-state index contributed by atoms with van der Waals surface area (Å²) in [7, 11) is 0. The van der Waals surface area contributed by atoms with Gasteiger partial charge >= 0.3 is 5.97 Å². The molecule has 168 valence electrons. The molecule has 6 rings (SSSR count). The molecule has 3 aromatic rings. The molecular weight excluding hydrogens is 420 g/mol. The van der Waals surface area contributed by atoms with E-state index in [1.54, 1.807) is 6.07 Å². The van der Waals surface area contributed by atoms with Crippen molar-refractivity contribution < 1.29 is 23.6 Å². The Labute approximate surface area is 191 Å². The van der Waals surface area contributed by atoms with Crippen molar-refractivity contribution in [2.75, 3.05) is 13.1 Å². The Morgan fingerprint density at radius 1 is 1.12 bits per heavy atom. The van der Waals surface area contributed by atoms with Gasteiger partial charge in [-0.2, -0.15) is 0 Å². The first-order valence-electron chi connectivity index (χ1n) is 11.3. The maximum atomic E-state index is 13.6. The molecule has 0 N–H and O–H groups in total. The van der Waals surface area contributed by atoms with Gasteiger partial charge in [0.1, 0.15) is 23.8 Å². The van der Waals surface area contributed by atoms with E-state index >= 15 is 0 Å². The van der Waals surface area contributed by atoms with E-state index in [9.17, 15) is 9.59 Å². The Kier molecular flexibility index (Phi) is 4.37. The number of nitrogens with zero attached hydrogens (tertiary/aromatic N) is 2. The van der Waals surface area contributed by atoms with Gasteiger partial charge in [-0.15, -0.1) is 0 Å². The lowest BCUT2D eigenvalue weighted by Gasteiger charge is -2.27. The standard InChI is InChI=1S/C26H24N2O5/c1-17-14-19(27-33-17)15-31-20-8-6-18(7-9-20)25(10-11-25)24(30)28-13-12-26(16-28)22-5-3-2-4-21(22)23(29)32-26/h2-9,14H,10-13,15-16H2,1H3. The Bertz CT molecular complexity index is 1240. The topological polar surface area (TPSA) is 81.9 Å². The molecule has 2 fully saturated rings. The second-order valence-corrected chi connectivity index (χ2v) is 9.23. The van der Waals surface area contributed by atoms with Crippen LogP contribution in [-0.2, 0) is 27.2 Å². The summed E-state index contributed by atoms with van der Waals surface area (Å²) in [4.78, 5) is 27.8. The highest BCUT2D eigenvalue weighted by Crippen LogP contribution is 2.52. The monoisotopic (exact) mass is 444 g/mol. The summed E-state index contributed by atoms with van der Waals surface area (Å²) in [5, 5.41) is 3.93. The van der Waals surface area contributed by atoms with Crippen LogP contribution >= 0.6 is 0 Å². The number of fused-ring (bicyclic) bond motifs is 2. The van der Waals surface area contributed by atoms with Gasteiger partial charge in [-0.25, -0.2) is 4.79 Å². The van der Waals surface area contributed by atoms with Crippen molar-refractivity contribution in [2.24, 2.45) is 0 Å². The number of benzene rings is 2. The SMILES string of the molecule is Cc1cc(COc2ccc(C3(C(=O)N4CCC5(C4)OC(=O)c4ccccc45)CC3)cc2)no1. The zero-order valence-electron chi connectivity index (χ0n) is 18.4. The molecule has 2 aliphatic heterocycles. The van der Waals surface area contributed by atoms with Gasteiger partial charge in [0.05, 0.1) is 17.5 Å². The maximum Gasteiger partial charge on any atom is 0.339 e. The molecule has 1 saturated carbocycles. The number of ether oxygens (including phenoxy) is 2. The molecule has 1 aromatic heterocycles. The van der Waals surface area contributed by atoms with Crippen molar-refractivity contribution in [3.8, 4) is 5.75 Å². The van der Waals surface area contributed by atoms with Crippen LogP contribution in [0.15, 0.2) is 59.1 Å². The molecule has 3 heterocycles. The summed E-state index contributed by atoms with van der Waals surface area (Å²) >= 11 is 0. The number of aryl methyl sites for hydroxylation is 1. The zero-order chi connectivity index (χ0) is 22.6. The molecule has 2 aromatic carbocycles. The van der Waals surface area contributed by atoms with Crippen LogP contribution in [0.2, 0.25) is 0 Å². The van der Waals surface area contributed by atoms with Gasteiger partial charge in [0, 0.05) is 24.6 Å². The normalized spacial score (nSPS) is 22.3. The van der Waals surface area contributed by atoms with Gasteiger partial charge in [0.25, 0.3) is 0 Å². The molecule has 7 heteroatoms. The highest BCUT2D eigenvalue weighted by atomic mass is 16.6. The second-order valence-electron chi connectivity index (χ2n) is 9.23. The molecule has 1 amide bonds. The minimum atomic E-state index is -0.712. The number of amides is 1. The number of rotatable bonds is 5. The number of aromatic nitrogens is 1. The number of esters is 1. The molecule has 1 aliphatic carbocycles. The lowest BCUT2D eigenvalue weighted by Crippen LogP contribution is -2.40. The van der Waals surface area contributed by atoms with Gasteiger partial charge in [-0.3, -0.25) is 4.79 Å². The van der Waals surface area contributed by atoms with Crippen molar-refractivity contribution in [1.29, 1.82) is 0 Å². The second kappa shape index (κ2) is 7.20. The summed E-state index contributed by atoms with van der Waals surface area (Å²) in [5.74, 6) is 1.29. The van der Waals surface area contributed by atoms with E-state index < -0.39 is 11.0 Å². The molecule has 0 bridgehead atoms. The third-order valence-corrected chi connectivity index (χ3v) is 7.07. The number of carbonyl (C=O) groups is 2. The predicted molar refractivity (Wildman–Crippen MR) is 118 cm³/mol. The lowest BCUT2D eigenvalue weighted by molar-refractivity contribution is -0.134. The largest absolute Gasteiger partial charge is 0.487 e. The van der Waals surface area contributed by atoms with E-state index in [0.29, 0.717) is 31.7 Å². The van der Waals surface area contributed by atoms with Crippen LogP contribution in [0.1, 0.15) is 52.2 Å². The molecule has 3 aliphatic rings. The number of hydrogen-bond donors (Lipinski definition) is 0. The molecule has 1 atom stereocenters. The molecule has 1 spiro atoms. The number of likely N-dealkylation sites (tertiary alicyclic amines) is 1. The van der Waals surface area contributed by atoms with Crippen LogP contribution in [0.5, 0.6) is 5.75 Å². The Hall–Kier alpha value is -3.61. The smallest absolute Gasteiger partial charge is 0.339 e. The van der Waals surface area contributed by atoms with Gasteiger partial charge in [-0.1, -0.05) is 35.5 Å². The molecule has 0 radical (unpaired) electrons. The quantitative estimate of drug-likeness (QED) is 0.556. The van der Waals surface area contributed by atoms with Crippen molar-refractivity contribution >= 4 is 11.9 Å². The maximum absolute atomic E-state index is 13.6. The van der Waals surface area contributed by atoms with Crippen molar-refractivity contribution in [2.45, 2.75) is 43.8 Å². The molecule has 7 nitrogen and oxygen atoms in total. The van der Waals surface area contributed by atoms with Crippen LogP contribution < -0.4 is 4.74 Å². The van der Waals surface area contributed by atoms with Crippen LogP contribution in [0.25, 0.3) is 0 Å². The Morgan fingerprint density at radius 2 is 1.91 bits per heavy atom. The first-order valence-corrected chi connectivity index (χ1v) is 11.3. The van der Waals surface area contributed by atoms with Crippen LogP contribution in [0.3, 0.4) is 0 Å². The van der Waals surface area contributed by atoms with Gasteiger partial charge in [0.2, 0.25) is 5.91 Å². The Balaban J connectivity index is 1.16. The zero-order valence-corrected chi connectivity index (χ0v) is 18.4. The van der Waals surface area contributed by atoms with Crippen molar-refractivity contribution in [3.05, 3.63) is 82.7 Å². The summed E-state index contributed by atoms with van der Waals surface area (Å²) in [5.41, 5.74) is 2.05. The van der Waals surface area contributed by atoms with Gasteiger partial charge in [-0.05, 0) is 43.5 Å². The molecular formula is C26H24N2O5. The molecule has 1 saturated heterocycles. The fourth-order valence-corrected chi connectivity index (χ4v) is 5.17. The summed E-state index contributed by atoms with van der Waals surface area (Å²) < 4.78 is 16.7. The van der Waals surface area contributed by atoms with E-state index in [4.69, 9.17) is 14.0 Å². The molecule has 1 unspecified atom stereocenters. The molecule has 33 heavy (non-hydrogen) atoms. The lowest BCUT2D eigenvalue weighted by atomic mass is 9.91. The first-order chi connectivity index (χ1) is 16.0. The average Bonchev–Trinajstić information content (AvgIpc) is 3.24. The summed E-state index contributed by atoms with van der Waals surface area (Å²) in [6.45, 7) is 3.17. The first kappa shape index (κ1) is 20.0. The number of carbonyl (C=O) groups excluding carboxylic acids is 2. The van der Waals surface area contributed by atoms with E-state index in [1.165, 1.54) is 0 Å². The highest BCUT2D eigenvalue weighted by Gasteiger charge is 2.57. The summed E-state index contributed by atoms with van der Waals surface area (Å²) in [6, 6.07) is 17.1. The third-order valence-electron chi connectivity index (χ3n) is 7.07. The minimum Gasteiger partial charge on any atom is -0.487 e. The fraction of sp³-hybridized carbons (Fsp3) is 0.346. The van der Waals surface area contributed by atoms with Gasteiger partial charge in [0.15, 0.2) is 5.60 Å². The fourth-order valence-electron chi connectivity index (χ4n) is 5.17.